The second kappa shape index (κ2) is 3.61. The Balaban J connectivity index is 2.67. The minimum Gasteiger partial charge on any atom is -0.872 e. The molecule has 0 saturated carbocycles. The van der Waals surface area contributed by atoms with Gasteiger partial charge in [0.2, 0.25) is 0 Å². The molecule has 15 heavy (non-hydrogen) atoms. The van der Waals surface area contributed by atoms with Gasteiger partial charge in [-0.1, -0.05) is 36.1 Å². The van der Waals surface area contributed by atoms with Gasteiger partial charge in [0.1, 0.15) is 0 Å². The third kappa shape index (κ3) is 1.64. The second-order valence-corrected chi connectivity index (χ2v) is 3.19. The van der Waals surface area contributed by atoms with Crippen molar-refractivity contribution in [2.75, 3.05) is 7.11 Å². The predicted molar refractivity (Wildman–Crippen MR) is 54.7 cm³/mol. The first-order chi connectivity index (χ1) is 7.22. The fourth-order valence-corrected chi connectivity index (χ4v) is 1.49. The van der Waals surface area contributed by atoms with E-state index in [-0.39, 0.29) is 11.3 Å². The summed E-state index contributed by atoms with van der Waals surface area (Å²) in [5.74, 6) is -0.897. The molecule has 2 aromatic carbocycles. The van der Waals surface area contributed by atoms with Crippen molar-refractivity contribution < 1.29 is 14.6 Å². The van der Waals surface area contributed by atoms with Gasteiger partial charge < -0.3 is 9.84 Å². The van der Waals surface area contributed by atoms with Gasteiger partial charge in [0.25, 0.3) is 0 Å². The quantitative estimate of drug-likeness (QED) is 0.660. The second-order valence-electron chi connectivity index (χ2n) is 3.19. The number of hydrogen-bond donors (Lipinski definition) is 0. The van der Waals surface area contributed by atoms with E-state index in [1.54, 1.807) is 6.07 Å². The molecule has 0 unspecified atom stereocenters. The summed E-state index contributed by atoms with van der Waals surface area (Å²) in [5.41, 5.74) is 0.0798. The third-order valence-electron chi connectivity index (χ3n) is 2.25. The first-order valence-electron chi connectivity index (χ1n) is 4.50. The van der Waals surface area contributed by atoms with Crippen LogP contribution in [0.4, 0.5) is 0 Å². The molecule has 0 fully saturated rings. The number of carbonyl (C=O) groups excluding carboxylic acids is 1. The topological polar surface area (TPSA) is 49.4 Å². The summed E-state index contributed by atoms with van der Waals surface area (Å²) in [6.07, 6.45) is 0. The van der Waals surface area contributed by atoms with E-state index < -0.39 is 5.97 Å². The summed E-state index contributed by atoms with van der Waals surface area (Å²) >= 11 is 0. The Morgan fingerprint density at radius 2 is 1.80 bits per heavy atom. The maximum absolute atomic E-state index is 11.5. The molecule has 76 valence electrons. The van der Waals surface area contributed by atoms with Gasteiger partial charge in [0.05, 0.1) is 12.7 Å². The predicted octanol–water partition coefficient (Wildman–Crippen LogP) is 1.70. The molecule has 0 radical (unpaired) electrons. The van der Waals surface area contributed by atoms with E-state index in [0.717, 1.165) is 10.8 Å². The molecule has 0 aromatic heterocycles. The van der Waals surface area contributed by atoms with E-state index in [4.69, 9.17) is 0 Å². The van der Waals surface area contributed by atoms with Gasteiger partial charge in [-0.25, -0.2) is 4.79 Å². The Hall–Kier alpha value is -2.03. The van der Waals surface area contributed by atoms with Gasteiger partial charge in [0.15, 0.2) is 0 Å². The van der Waals surface area contributed by atoms with Crippen molar-refractivity contribution in [2.24, 2.45) is 0 Å². The van der Waals surface area contributed by atoms with Gasteiger partial charge in [-0.3, -0.25) is 0 Å². The molecule has 0 saturated heterocycles. The lowest BCUT2D eigenvalue weighted by atomic mass is 10.1. The highest BCUT2D eigenvalue weighted by molar-refractivity contribution is 5.98. The number of ether oxygens (including phenoxy) is 1. The van der Waals surface area contributed by atoms with Crippen LogP contribution in [-0.4, -0.2) is 13.1 Å². The Morgan fingerprint density at radius 3 is 2.40 bits per heavy atom. The summed E-state index contributed by atoms with van der Waals surface area (Å²) in [7, 11) is 1.26. The maximum atomic E-state index is 11.5. The molecule has 0 heterocycles. The molecule has 0 aliphatic heterocycles. The number of esters is 1. The zero-order valence-corrected chi connectivity index (χ0v) is 8.19. The Morgan fingerprint density at radius 1 is 1.20 bits per heavy atom. The fraction of sp³-hybridized carbons (Fsp3) is 0.0833. The van der Waals surface area contributed by atoms with Crippen molar-refractivity contribution in [3.8, 4) is 5.75 Å². The van der Waals surface area contributed by atoms with Crippen LogP contribution in [0.2, 0.25) is 0 Å². The first-order valence-corrected chi connectivity index (χ1v) is 4.50. The van der Waals surface area contributed by atoms with Crippen LogP contribution in [0.5, 0.6) is 5.75 Å². The molecule has 0 aliphatic rings. The van der Waals surface area contributed by atoms with Crippen LogP contribution in [0.3, 0.4) is 0 Å². The van der Waals surface area contributed by atoms with E-state index in [9.17, 15) is 9.90 Å². The molecule has 2 rings (SSSR count). The molecule has 0 spiro atoms. The molecule has 0 amide bonds. The molecule has 0 atom stereocenters. The average Bonchev–Trinajstić information content (AvgIpc) is 2.27. The van der Waals surface area contributed by atoms with Crippen molar-refractivity contribution >= 4 is 16.7 Å². The highest BCUT2D eigenvalue weighted by atomic mass is 16.5. The molecule has 0 aliphatic carbocycles. The van der Waals surface area contributed by atoms with E-state index in [2.05, 4.69) is 4.74 Å². The fourth-order valence-electron chi connectivity index (χ4n) is 1.49. The zero-order valence-electron chi connectivity index (χ0n) is 8.19. The van der Waals surface area contributed by atoms with Crippen molar-refractivity contribution in [2.45, 2.75) is 0 Å². The normalized spacial score (nSPS) is 10.2. The van der Waals surface area contributed by atoms with Gasteiger partial charge in [-0.05, 0) is 16.8 Å². The van der Waals surface area contributed by atoms with Crippen LogP contribution in [0.15, 0.2) is 36.4 Å². The molecule has 2 aromatic rings. The minimum atomic E-state index is -0.592. The van der Waals surface area contributed by atoms with Gasteiger partial charge >= 0.3 is 5.97 Å². The maximum Gasteiger partial charge on any atom is 0.337 e. The number of hydrogen-bond acceptors (Lipinski definition) is 3. The summed E-state index contributed by atoms with van der Waals surface area (Å²) in [6.45, 7) is 0. The Labute approximate surface area is 86.9 Å². The highest BCUT2D eigenvalue weighted by Crippen LogP contribution is 2.23. The molecular formula is C12H9O3-. The van der Waals surface area contributed by atoms with Gasteiger partial charge in [-0.15, -0.1) is 0 Å². The van der Waals surface area contributed by atoms with Crippen molar-refractivity contribution in [1.82, 2.24) is 0 Å². The van der Waals surface area contributed by atoms with Crippen LogP contribution in [0, 0.1) is 0 Å². The summed E-state index contributed by atoms with van der Waals surface area (Å²) < 4.78 is 4.53. The smallest absolute Gasteiger partial charge is 0.337 e. The zero-order chi connectivity index (χ0) is 10.8. The van der Waals surface area contributed by atoms with Crippen molar-refractivity contribution in [3.63, 3.8) is 0 Å². The molecule has 3 nitrogen and oxygen atoms in total. The number of carbonyl (C=O) groups is 1. The largest absolute Gasteiger partial charge is 0.872 e. The number of rotatable bonds is 1. The lowest BCUT2D eigenvalue weighted by Gasteiger charge is -2.12. The van der Waals surface area contributed by atoms with E-state index >= 15 is 0 Å². The van der Waals surface area contributed by atoms with Crippen molar-refractivity contribution in [1.29, 1.82) is 0 Å². The van der Waals surface area contributed by atoms with Crippen LogP contribution in [0.25, 0.3) is 10.8 Å². The highest BCUT2D eigenvalue weighted by Gasteiger charge is 2.06. The third-order valence-corrected chi connectivity index (χ3v) is 2.25. The molecule has 3 heteroatoms. The lowest BCUT2D eigenvalue weighted by Crippen LogP contribution is -2.06. The molecule has 0 bridgehead atoms. The molecule has 0 N–H and O–H groups in total. The Kier molecular flexibility index (Phi) is 2.29. The lowest BCUT2D eigenvalue weighted by molar-refractivity contribution is -0.268. The molecular weight excluding hydrogens is 192 g/mol. The summed E-state index contributed by atoms with van der Waals surface area (Å²) in [5, 5.41) is 13.2. The summed E-state index contributed by atoms with van der Waals surface area (Å²) in [6, 6.07) is 10.4. The standard InChI is InChI=1S/C12H10O3/c1-15-12(14)10-6-8-4-2-3-5-9(8)7-11(10)13/h2-7,13H,1H3/p-1. The number of benzene rings is 2. The van der Waals surface area contributed by atoms with Crippen LogP contribution in [-0.2, 0) is 4.74 Å². The first kappa shape index (κ1) is 9.52. The number of fused-ring (bicyclic) bond motifs is 1. The van der Waals surface area contributed by atoms with Crippen molar-refractivity contribution in [3.05, 3.63) is 42.0 Å². The monoisotopic (exact) mass is 201 g/mol. The van der Waals surface area contributed by atoms with E-state index in [0.29, 0.717) is 0 Å². The van der Waals surface area contributed by atoms with Gasteiger partial charge in [-0.2, -0.15) is 0 Å². The summed E-state index contributed by atoms with van der Waals surface area (Å²) in [4.78, 5) is 11.3. The Bertz CT molecular complexity index is 517. The van der Waals surface area contributed by atoms with Crippen LogP contribution < -0.4 is 5.11 Å². The van der Waals surface area contributed by atoms with Crippen LogP contribution >= 0.6 is 0 Å². The van der Waals surface area contributed by atoms with Gasteiger partial charge in [0, 0.05) is 0 Å². The van der Waals surface area contributed by atoms with Crippen LogP contribution in [0.1, 0.15) is 10.4 Å². The average molecular weight is 201 g/mol. The number of methoxy groups -OCH3 is 1. The SMILES string of the molecule is COC(=O)c1cc2ccccc2cc1[O-]. The minimum absolute atomic E-state index is 0.0798. The van der Waals surface area contributed by atoms with E-state index in [1.165, 1.54) is 13.2 Å². The van der Waals surface area contributed by atoms with E-state index in [1.807, 2.05) is 24.3 Å².